The summed E-state index contributed by atoms with van der Waals surface area (Å²) in [6.07, 6.45) is 3.17. The number of carbonyl (C=O) groups is 2. The van der Waals surface area contributed by atoms with Crippen molar-refractivity contribution in [3.63, 3.8) is 0 Å². The van der Waals surface area contributed by atoms with Gasteiger partial charge in [0.2, 0.25) is 5.91 Å². The van der Waals surface area contributed by atoms with Crippen molar-refractivity contribution < 1.29 is 14.3 Å². The Morgan fingerprint density at radius 1 is 1.26 bits per heavy atom. The van der Waals surface area contributed by atoms with Crippen LogP contribution in [0.3, 0.4) is 0 Å². The molecule has 0 saturated carbocycles. The van der Waals surface area contributed by atoms with Gasteiger partial charge in [0.15, 0.2) is 0 Å². The zero-order valence-corrected chi connectivity index (χ0v) is 11.6. The number of nitrogens with zero attached hydrogens (tertiary/aromatic N) is 1. The fraction of sp³-hybridized carbons (Fsp3) is 0.333. The topological polar surface area (TPSA) is 46.6 Å². The van der Waals surface area contributed by atoms with Crippen molar-refractivity contribution in [2.24, 2.45) is 0 Å². The largest absolute Gasteiger partial charge is 0.465 e. The molecule has 0 saturated heterocycles. The van der Waals surface area contributed by atoms with Gasteiger partial charge >= 0.3 is 5.97 Å². The average Bonchev–Trinajstić information content (AvgIpc) is 2.37. The fourth-order valence-corrected chi connectivity index (χ4v) is 1.45. The molecule has 0 atom stereocenters. The maximum atomic E-state index is 11.8. The molecule has 0 bridgehead atoms. The van der Waals surface area contributed by atoms with Crippen LogP contribution < -0.4 is 0 Å². The van der Waals surface area contributed by atoms with Gasteiger partial charge in [-0.05, 0) is 25.5 Å². The highest BCUT2D eigenvalue weighted by Gasteiger charge is 2.10. The number of aryl methyl sites for hydroxylation is 1. The highest BCUT2D eigenvalue weighted by atomic mass is 16.5. The summed E-state index contributed by atoms with van der Waals surface area (Å²) < 4.78 is 4.78. The number of esters is 1. The molecule has 0 heterocycles. The van der Waals surface area contributed by atoms with Crippen LogP contribution in [0.25, 0.3) is 6.08 Å². The number of likely N-dealkylation sites (N-methyl/N-ethyl adjacent to an activating group) is 1. The van der Waals surface area contributed by atoms with E-state index in [1.165, 1.54) is 16.5 Å². The van der Waals surface area contributed by atoms with E-state index in [1.54, 1.807) is 20.0 Å². The van der Waals surface area contributed by atoms with Gasteiger partial charge < -0.3 is 9.64 Å². The molecule has 19 heavy (non-hydrogen) atoms. The van der Waals surface area contributed by atoms with Gasteiger partial charge in [-0.2, -0.15) is 0 Å². The lowest BCUT2D eigenvalue weighted by Crippen LogP contribution is -2.31. The Morgan fingerprint density at radius 3 is 2.47 bits per heavy atom. The van der Waals surface area contributed by atoms with E-state index in [1.807, 2.05) is 31.2 Å². The quantitative estimate of drug-likeness (QED) is 0.602. The van der Waals surface area contributed by atoms with E-state index in [9.17, 15) is 9.59 Å². The van der Waals surface area contributed by atoms with Crippen LogP contribution in [0.4, 0.5) is 0 Å². The summed E-state index contributed by atoms with van der Waals surface area (Å²) in [6, 6.07) is 7.83. The van der Waals surface area contributed by atoms with Crippen molar-refractivity contribution in [1.82, 2.24) is 4.90 Å². The third kappa shape index (κ3) is 5.38. The van der Waals surface area contributed by atoms with Crippen LogP contribution >= 0.6 is 0 Å². The number of ether oxygens (including phenoxy) is 1. The Bertz CT molecular complexity index is 463. The number of amides is 1. The number of rotatable bonds is 5. The van der Waals surface area contributed by atoms with Gasteiger partial charge in [-0.25, -0.2) is 0 Å². The molecule has 0 aliphatic carbocycles. The highest BCUT2D eigenvalue weighted by Crippen LogP contribution is 2.05. The smallest absolute Gasteiger partial charge is 0.325 e. The van der Waals surface area contributed by atoms with Crippen LogP contribution in [0.15, 0.2) is 30.3 Å². The van der Waals surface area contributed by atoms with E-state index in [2.05, 4.69) is 0 Å². The van der Waals surface area contributed by atoms with E-state index in [0.717, 1.165) is 5.56 Å². The Hall–Kier alpha value is -2.10. The zero-order valence-electron chi connectivity index (χ0n) is 11.6. The second kappa shape index (κ2) is 7.36. The summed E-state index contributed by atoms with van der Waals surface area (Å²) in [7, 11) is 1.57. The summed E-state index contributed by atoms with van der Waals surface area (Å²) in [5.74, 6) is -0.629. The fourth-order valence-electron chi connectivity index (χ4n) is 1.45. The van der Waals surface area contributed by atoms with Crippen LogP contribution in [0.1, 0.15) is 18.1 Å². The minimum atomic E-state index is -0.401. The van der Waals surface area contributed by atoms with Crippen molar-refractivity contribution in [3.8, 4) is 0 Å². The van der Waals surface area contributed by atoms with E-state index in [0.29, 0.717) is 6.61 Å². The number of carbonyl (C=O) groups excluding carboxylic acids is 2. The van der Waals surface area contributed by atoms with Crippen LogP contribution in [0, 0.1) is 6.92 Å². The Balaban J connectivity index is 2.54. The van der Waals surface area contributed by atoms with Gasteiger partial charge in [0.05, 0.1) is 6.61 Å². The highest BCUT2D eigenvalue weighted by molar-refractivity contribution is 5.93. The molecule has 0 spiro atoms. The molecule has 0 fully saturated rings. The van der Waals surface area contributed by atoms with Gasteiger partial charge in [0.25, 0.3) is 0 Å². The molecule has 102 valence electrons. The second-order valence-electron chi connectivity index (χ2n) is 4.24. The first-order chi connectivity index (χ1) is 9.02. The Kier molecular flexibility index (Phi) is 5.79. The molecular weight excluding hydrogens is 242 g/mol. The van der Waals surface area contributed by atoms with Crippen LogP contribution in [0.5, 0.6) is 0 Å². The van der Waals surface area contributed by atoms with Gasteiger partial charge in [-0.1, -0.05) is 29.8 Å². The summed E-state index contributed by atoms with van der Waals surface area (Å²) in [5.41, 5.74) is 2.12. The average molecular weight is 261 g/mol. The summed E-state index contributed by atoms with van der Waals surface area (Å²) >= 11 is 0. The molecule has 0 N–H and O–H groups in total. The number of hydrogen-bond acceptors (Lipinski definition) is 3. The lowest BCUT2D eigenvalue weighted by molar-refractivity contribution is -0.146. The molecule has 1 aromatic rings. The van der Waals surface area contributed by atoms with Gasteiger partial charge in [-0.15, -0.1) is 0 Å². The van der Waals surface area contributed by atoms with Gasteiger partial charge in [-0.3, -0.25) is 9.59 Å². The number of benzene rings is 1. The maximum Gasteiger partial charge on any atom is 0.325 e. The van der Waals surface area contributed by atoms with Crippen LogP contribution in [-0.2, 0) is 14.3 Å². The van der Waals surface area contributed by atoms with Gasteiger partial charge in [0.1, 0.15) is 6.54 Å². The molecule has 0 aliphatic rings. The first-order valence-electron chi connectivity index (χ1n) is 6.18. The minimum Gasteiger partial charge on any atom is -0.465 e. The maximum absolute atomic E-state index is 11.8. The lowest BCUT2D eigenvalue weighted by atomic mass is 10.1. The normalized spacial score (nSPS) is 10.5. The van der Waals surface area contributed by atoms with Crippen molar-refractivity contribution >= 4 is 18.0 Å². The summed E-state index contributed by atoms with van der Waals surface area (Å²) in [5, 5.41) is 0. The molecule has 0 aliphatic heterocycles. The molecule has 4 heteroatoms. The third-order valence-corrected chi connectivity index (χ3v) is 2.54. The summed E-state index contributed by atoms with van der Waals surface area (Å²) in [4.78, 5) is 24.3. The zero-order chi connectivity index (χ0) is 14.3. The minimum absolute atomic E-state index is 0.0368. The van der Waals surface area contributed by atoms with Gasteiger partial charge in [0, 0.05) is 13.1 Å². The molecule has 1 aromatic carbocycles. The molecule has 0 aromatic heterocycles. The number of hydrogen-bond donors (Lipinski definition) is 0. The molecule has 1 rings (SSSR count). The first kappa shape index (κ1) is 15.0. The summed E-state index contributed by atoms with van der Waals surface area (Å²) in [6.45, 7) is 4.02. The van der Waals surface area contributed by atoms with Crippen molar-refractivity contribution in [2.75, 3.05) is 20.2 Å². The van der Waals surface area contributed by atoms with E-state index in [-0.39, 0.29) is 12.5 Å². The van der Waals surface area contributed by atoms with E-state index in [4.69, 9.17) is 4.74 Å². The van der Waals surface area contributed by atoms with E-state index < -0.39 is 5.97 Å². The molecule has 0 radical (unpaired) electrons. The van der Waals surface area contributed by atoms with Crippen LogP contribution in [0.2, 0.25) is 0 Å². The predicted molar refractivity (Wildman–Crippen MR) is 74.5 cm³/mol. The standard InChI is InChI=1S/C15H19NO3/c1-4-19-15(18)11-16(3)14(17)10-9-13-7-5-12(2)6-8-13/h5-10H,4,11H2,1-3H3/b10-9+. The molecule has 0 unspecified atom stereocenters. The van der Waals surface area contributed by atoms with E-state index >= 15 is 0 Å². The SMILES string of the molecule is CCOC(=O)CN(C)C(=O)/C=C/c1ccc(C)cc1. The molecular formula is C15H19NO3. The molecule has 1 amide bonds. The predicted octanol–water partition coefficient (Wildman–Crippen LogP) is 2.03. The third-order valence-electron chi connectivity index (χ3n) is 2.54. The first-order valence-corrected chi connectivity index (χ1v) is 6.18. The monoisotopic (exact) mass is 261 g/mol. The Labute approximate surface area is 113 Å². The van der Waals surface area contributed by atoms with Crippen LogP contribution in [-0.4, -0.2) is 37.0 Å². The van der Waals surface area contributed by atoms with Crippen molar-refractivity contribution in [1.29, 1.82) is 0 Å². The van der Waals surface area contributed by atoms with Crippen molar-refractivity contribution in [3.05, 3.63) is 41.5 Å². The second-order valence-corrected chi connectivity index (χ2v) is 4.24. The lowest BCUT2D eigenvalue weighted by Gasteiger charge is -2.13. The van der Waals surface area contributed by atoms with Crippen molar-refractivity contribution in [2.45, 2.75) is 13.8 Å². The Morgan fingerprint density at radius 2 is 1.89 bits per heavy atom. The molecule has 4 nitrogen and oxygen atoms in total.